The number of hydrogen-bond donors (Lipinski definition) is 1. The summed E-state index contributed by atoms with van der Waals surface area (Å²) in [6.07, 6.45) is 8.34. The predicted octanol–water partition coefficient (Wildman–Crippen LogP) is 2.20. The fraction of sp³-hybridized carbons (Fsp3) is 1.00. The summed E-state index contributed by atoms with van der Waals surface area (Å²) in [7, 11) is 0. The van der Waals surface area contributed by atoms with Crippen LogP contribution in [0.25, 0.3) is 0 Å². The molecule has 0 aromatic carbocycles. The molecule has 0 aromatic rings. The van der Waals surface area contributed by atoms with Crippen LogP contribution in [0.1, 0.15) is 38.5 Å². The van der Waals surface area contributed by atoms with Crippen LogP contribution >= 0.6 is 0 Å². The molecule has 1 heteroatoms. The first-order valence-corrected chi connectivity index (χ1v) is 5.01. The summed E-state index contributed by atoms with van der Waals surface area (Å²) in [6, 6.07) is 0. The minimum atomic E-state index is 0.407. The second-order valence-electron chi connectivity index (χ2n) is 4.30. The number of hydrogen-bond acceptors (Lipinski definition) is 1. The van der Waals surface area contributed by atoms with E-state index < -0.39 is 0 Å². The molecular weight excluding hydrogens is 136 g/mol. The normalized spacial score (nSPS) is 37.9. The van der Waals surface area contributed by atoms with Gasteiger partial charge in [-0.1, -0.05) is 19.3 Å². The SMILES string of the molecule is OCCC1C[C@H]2CCC[C@@H]2C1. The second kappa shape index (κ2) is 3.14. The molecule has 0 aromatic heterocycles. The fourth-order valence-corrected chi connectivity index (χ4v) is 3.11. The third-order valence-electron chi connectivity index (χ3n) is 3.63. The Labute approximate surface area is 68.8 Å². The highest BCUT2D eigenvalue weighted by atomic mass is 16.3. The minimum Gasteiger partial charge on any atom is -0.396 e. The van der Waals surface area contributed by atoms with Crippen LogP contribution in [0.2, 0.25) is 0 Å². The van der Waals surface area contributed by atoms with Crippen LogP contribution in [0.3, 0.4) is 0 Å². The van der Waals surface area contributed by atoms with Gasteiger partial charge in [-0.15, -0.1) is 0 Å². The zero-order chi connectivity index (χ0) is 7.68. The second-order valence-corrected chi connectivity index (χ2v) is 4.30. The summed E-state index contributed by atoms with van der Waals surface area (Å²) in [4.78, 5) is 0. The number of fused-ring (bicyclic) bond motifs is 1. The Morgan fingerprint density at radius 2 is 1.73 bits per heavy atom. The monoisotopic (exact) mass is 154 g/mol. The largest absolute Gasteiger partial charge is 0.396 e. The van der Waals surface area contributed by atoms with Gasteiger partial charge in [0.1, 0.15) is 0 Å². The molecular formula is C10H18O. The Kier molecular flexibility index (Phi) is 2.17. The summed E-state index contributed by atoms with van der Waals surface area (Å²) >= 11 is 0. The van der Waals surface area contributed by atoms with Crippen LogP contribution in [0, 0.1) is 17.8 Å². The summed E-state index contributed by atoms with van der Waals surface area (Å²) in [5.74, 6) is 2.97. The summed E-state index contributed by atoms with van der Waals surface area (Å²) < 4.78 is 0. The van der Waals surface area contributed by atoms with Crippen LogP contribution < -0.4 is 0 Å². The first-order chi connectivity index (χ1) is 5.40. The molecule has 0 radical (unpaired) electrons. The van der Waals surface area contributed by atoms with E-state index in [1.807, 2.05) is 0 Å². The summed E-state index contributed by atoms with van der Waals surface area (Å²) in [6.45, 7) is 0.407. The maximum absolute atomic E-state index is 8.79. The van der Waals surface area contributed by atoms with Gasteiger partial charge < -0.3 is 5.11 Å². The van der Waals surface area contributed by atoms with Gasteiger partial charge >= 0.3 is 0 Å². The molecule has 2 atom stereocenters. The average Bonchev–Trinajstić information content (AvgIpc) is 2.46. The minimum absolute atomic E-state index is 0.407. The van der Waals surface area contributed by atoms with Crippen LogP contribution in [0.15, 0.2) is 0 Å². The maximum atomic E-state index is 8.79. The van der Waals surface area contributed by atoms with Crippen LogP contribution in [-0.2, 0) is 0 Å². The molecule has 11 heavy (non-hydrogen) atoms. The van der Waals surface area contributed by atoms with Crippen molar-refractivity contribution in [1.82, 2.24) is 0 Å². The lowest BCUT2D eigenvalue weighted by molar-refractivity contribution is 0.254. The molecule has 64 valence electrons. The smallest absolute Gasteiger partial charge is 0.0433 e. The van der Waals surface area contributed by atoms with Crippen molar-refractivity contribution in [2.75, 3.05) is 6.61 Å². The van der Waals surface area contributed by atoms with Gasteiger partial charge in [-0.3, -0.25) is 0 Å². The van der Waals surface area contributed by atoms with Crippen molar-refractivity contribution in [2.45, 2.75) is 38.5 Å². The molecule has 0 unspecified atom stereocenters. The Hall–Kier alpha value is -0.0400. The number of rotatable bonds is 2. The van der Waals surface area contributed by atoms with E-state index in [2.05, 4.69) is 0 Å². The van der Waals surface area contributed by atoms with Gasteiger partial charge in [-0.2, -0.15) is 0 Å². The van der Waals surface area contributed by atoms with Gasteiger partial charge in [-0.25, -0.2) is 0 Å². The lowest BCUT2D eigenvalue weighted by Gasteiger charge is -2.07. The van der Waals surface area contributed by atoms with E-state index in [9.17, 15) is 0 Å². The third-order valence-corrected chi connectivity index (χ3v) is 3.63. The zero-order valence-electron chi connectivity index (χ0n) is 7.13. The topological polar surface area (TPSA) is 20.2 Å². The van der Waals surface area contributed by atoms with Gasteiger partial charge in [0.15, 0.2) is 0 Å². The molecule has 2 saturated carbocycles. The first kappa shape index (κ1) is 7.60. The molecule has 0 aliphatic heterocycles. The number of aliphatic hydroxyl groups is 1. The molecule has 1 nitrogen and oxygen atoms in total. The lowest BCUT2D eigenvalue weighted by Crippen LogP contribution is -1.98. The molecule has 0 bridgehead atoms. The Morgan fingerprint density at radius 1 is 1.09 bits per heavy atom. The summed E-state index contributed by atoms with van der Waals surface area (Å²) in [5.41, 5.74) is 0. The van der Waals surface area contributed by atoms with Gasteiger partial charge in [0.2, 0.25) is 0 Å². The molecule has 0 saturated heterocycles. The van der Waals surface area contributed by atoms with E-state index >= 15 is 0 Å². The van der Waals surface area contributed by atoms with Crippen LogP contribution in [0.5, 0.6) is 0 Å². The Morgan fingerprint density at radius 3 is 2.27 bits per heavy atom. The highest BCUT2D eigenvalue weighted by Crippen LogP contribution is 2.47. The van der Waals surface area contributed by atoms with Gasteiger partial charge in [0.25, 0.3) is 0 Å². The quantitative estimate of drug-likeness (QED) is 0.646. The number of aliphatic hydroxyl groups excluding tert-OH is 1. The summed E-state index contributed by atoms with van der Waals surface area (Å²) in [5, 5.41) is 8.79. The Bertz CT molecular complexity index is 121. The van der Waals surface area contributed by atoms with Crippen molar-refractivity contribution in [2.24, 2.45) is 17.8 Å². The van der Waals surface area contributed by atoms with E-state index in [0.717, 1.165) is 24.2 Å². The van der Waals surface area contributed by atoms with Crippen molar-refractivity contribution >= 4 is 0 Å². The van der Waals surface area contributed by atoms with E-state index in [0.29, 0.717) is 6.61 Å². The highest BCUT2D eigenvalue weighted by Gasteiger charge is 2.36. The average molecular weight is 154 g/mol. The van der Waals surface area contributed by atoms with E-state index in [4.69, 9.17) is 5.11 Å². The maximum Gasteiger partial charge on any atom is 0.0433 e. The van der Waals surface area contributed by atoms with Crippen molar-refractivity contribution in [1.29, 1.82) is 0 Å². The lowest BCUT2D eigenvalue weighted by atomic mass is 10.0. The van der Waals surface area contributed by atoms with Crippen molar-refractivity contribution in [3.05, 3.63) is 0 Å². The van der Waals surface area contributed by atoms with Crippen LogP contribution in [-0.4, -0.2) is 11.7 Å². The molecule has 0 spiro atoms. The highest BCUT2D eigenvalue weighted by molar-refractivity contribution is 4.87. The van der Waals surface area contributed by atoms with Crippen molar-refractivity contribution in [3.8, 4) is 0 Å². The third kappa shape index (κ3) is 1.44. The van der Waals surface area contributed by atoms with Crippen molar-refractivity contribution < 1.29 is 5.11 Å². The molecule has 2 aliphatic rings. The molecule has 0 heterocycles. The first-order valence-electron chi connectivity index (χ1n) is 5.01. The molecule has 2 fully saturated rings. The van der Waals surface area contributed by atoms with E-state index in [1.54, 1.807) is 0 Å². The van der Waals surface area contributed by atoms with Crippen LogP contribution in [0.4, 0.5) is 0 Å². The zero-order valence-corrected chi connectivity index (χ0v) is 7.13. The van der Waals surface area contributed by atoms with Gasteiger partial charge in [0.05, 0.1) is 0 Å². The van der Waals surface area contributed by atoms with E-state index in [-0.39, 0.29) is 0 Å². The van der Waals surface area contributed by atoms with Gasteiger partial charge in [0, 0.05) is 6.61 Å². The predicted molar refractivity (Wildman–Crippen MR) is 45.3 cm³/mol. The van der Waals surface area contributed by atoms with Crippen molar-refractivity contribution in [3.63, 3.8) is 0 Å². The standard InChI is InChI=1S/C10H18O/c11-5-4-8-6-9-2-1-3-10(9)7-8/h8-11H,1-7H2/t9-,10-/m1/s1. The van der Waals surface area contributed by atoms with E-state index in [1.165, 1.54) is 32.1 Å². The molecule has 2 rings (SSSR count). The molecule has 1 N–H and O–H groups in total. The molecule has 0 amide bonds. The van der Waals surface area contributed by atoms with Gasteiger partial charge in [-0.05, 0) is 37.0 Å². The molecule has 2 aliphatic carbocycles. The Balaban J connectivity index is 1.84. The fourth-order valence-electron chi connectivity index (χ4n) is 3.11.